The van der Waals surface area contributed by atoms with Gasteiger partial charge in [-0.1, -0.05) is 6.42 Å². The summed E-state index contributed by atoms with van der Waals surface area (Å²) in [6.45, 7) is 7.19. The Kier molecular flexibility index (Phi) is 5.99. The average Bonchev–Trinajstić information content (AvgIpc) is 3.47. The second-order valence-corrected chi connectivity index (χ2v) is 8.98. The molecule has 0 aliphatic heterocycles. The lowest BCUT2D eigenvalue weighted by Crippen LogP contribution is -2.29. The molecule has 178 valence electrons. The van der Waals surface area contributed by atoms with Crippen molar-refractivity contribution in [2.24, 2.45) is 13.0 Å². The number of anilines is 1. The maximum absolute atomic E-state index is 14.6. The van der Waals surface area contributed by atoms with Crippen LogP contribution >= 0.6 is 0 Å². The Morgan fingerprint density at radius 1 is 1.29 bits per heavy atom. The van der Waals surface area contributed by atoms with Gasteiger partial charge in [0.05, 0.1) is 24.6 Å². The lowest BCUT2D eigenvalue weighted by molar-refractivity contribution is 0.0944. The second kappa shape index (κ2) is 9.25. The van der Waals surface area contributed by atoms with E-state index in [-0.39, 0.29) is 40.6 Å². The van der Waals surface area contributed by atoms with Crippen LogP contribution in [0.1, 0.15) is 42.6 Å². The van der Waals surface area contributed by atoms with Crippen LogP contribution in [0.15, 0.2) is 37.1 Å². The van der Waals surface area contributed by atoms with Gasteiger partial charge in [0, 0.05) is 42.9 Å². The maximum atomic E-state index is 14.6. The van der Waals surface area contributed by atoms with E-state index in [4.69, 9.17) is 6.57 Å². The van der Waals surface area contributed by atoms with Crippen LogP contribution in [0, 0.1) is 24.1 Å². The average molecular weight is 476 g/mol. The van der Waals surface area contributed by atoms with Crippen molar-refractivity contribution in [3.63, 3.8) is 0 Å². The number of benzene rings is 1. The van der Waals surface area contributed by atoms with Gasteiger partial charge in [0.1, 0.15) is 11.5 Å². The molecule has 4 aromatic rings. The summed E-state index contributed by atoms with van der Waals surface area (Å²) in [6.07, 6.45) is 9.76. The molecule has 0 unspecified atom stereocenters. The number of ketones is 1. The number of carbonyl (C=O) groups is 1. The zero-order valence-corrected chi connectivity index (χ0v) is 19.1. The minimum Gasteiger partial charge on any atom is -0.365 e. The molecule has 1 aromatic carbocycles. The van der Waals surface area contributed by atoms with Gasteiger partial charge in [-0.25, -0.2) is 28.6 Å². The van der Waals surface area contributed by atoms with E-state index in [0.717, 1.165) is 31.5 Å². The number of H-pyrrole nitrogens is 1. The highest BCUT2D eigenvalue weighted by atomic mass is 19.1. The van der Waals surface area contributed by atoms with Gasteiger partial charge in [-0.3, -0.25) is 4.79 Å². The van der Waals surface area contributed by atoms with E-state index in [9.17, 15) is 13.6 Å². The minimum absolute atomic E-state index is 0.0112. The summed E-state index contributed by atoms with van der Waals surface area (Å²) in [7, 11) is 1.82. The number of aryl methyl sites for hydroxylation is 1. The number of nitrogens with one attached hydrogen (secondary N) is 2. The highest BCUT2D eigenvalue weighted by molar-refractivity contribution is 5.96. The fourth-order valence-electron chi connectivity index (χ4n) is 4.75. The zero-order valence-electron chi connectivity index (χ0n) is 19.1. The zero-order chi connectivity index (χ0) is 24.5. The van der Waals surface area contributed by atoms with Gasteiger partial charge in [-0.05, 0) is 37.3 Å². The topological polar surface area (TPSA) is 92.8 Å². The smallest absolute Gasteiger partial charge is 0.190 e. The lowest BCUT2D eigenvalue weighted by Gasteiger charge is -2.29. The van der Waals surface area contributed by atoms with Crippen molar-refractivity contribution < 1.29 is 13.6 Å². The molecule has 0 radical (unpaired) electrons. The molecule has 10 heteroatoms. The number of aromatic amines is 1. The third-order valence-corrected chi connectivity index (χ3v) is 6.43. The van der Waals surface area contributed by atoms with Gasteiger partial charge >= 0.3 is 0 Å². The fourth-order valence-corrected chi connectivity index (χ4v) is 4.75. The van der Waals surface area contributed by atoms with Crippen LogP contribution in [-0.4, -0.2) is 36.3 Å². The molecule has 2 N–H and O–H groups in total. The van der Waals surface area contributed by atoms with Gasteiger partial charge in [0.2, 0.25) is 0 Å². The quantitative estimate of drug-likeness (QED) is 0.287. The molecule has 3 heterocycles. The Balaban J connectivity index is 1.34. The third kappa shape index (κ3) is 4.62. The third-order valence-electron chi connectivity index (χ3n) is 6.43. The van der Waals surface area contributed by atoms with E-state index in [1.165, 1.54) is 0 Å². The number of rotatable bonds is 6. The normalized spacial score (nSPS) is 17.9. The van der Waals surface area contributed by atoms with Gasteiger partial charge in [-0.2, -0.15) is 0 Å². The first-order chi connectivity index (χ1) is 16.9. The number of fused-ring (bicyclic) bond motifs is 1. The van der Waals surface area contributed by atoms with Crippen molar-refractivity contribution in [1.29, 1.82) is 0 Å². The molecule has 0 spiro atoms. The van der Waals surface area contributed by atoms with E-state index in [1.54, 1.807) is 29.4 Å². The Labute approximate surface area is 200 Å². The van der Waals surface area contributed by atoms with Crippen LogP contribution in [0.5, 0.6) is 0 Å². The Morgan fingerprint density at radius 2 is 2.14 bits per heavy atom. The van der Waals surface area contributed by atoms with Crippen molar-refractivity contribution in [2.45, 2.75) is 38.1 Å². The molecule has 1 aliphatic rings. The largest absolute Gasteiger partial charge is 0.365 e. The van der Waals surface area contributed by atoms with E-state index in [2.05, 4.69) is 30.1 Å². The number of hydrogen-bond acceptors (Lipinski definition) is 5. The molecule has 8 nitrogen and oxygen atoms in total. The molecule has 1 fully saturated rings. The van der Waals surface area contributed by atoms with Crippen molar-refractivity contribution in [3.8, 4) is 11.4 Å². The van der Waals surface area contributed by atoms with Crippen molar-refractivity contribution >= 4 is 28.2 Å². The summed E-state index contributed by atoms with van der Waals surface area (Å²) in [4.78, 5) is 31.4. The summed E-state index contributed by atoms with van der Waals surface area (Å²) >= 11 is 0. The molecular formula is C25H23F2N7O. The predicted molar refractivity (Wildman–Crippen MR) is 127 cm³/mol. The predicted octanol–water partition coefficient (Wildman–Crippen LogP) is 5.43. The molecule has 0 amide bonds. The molecule has 1 saturated carbocycles. The number of halogens is 2. The summed E-state index contributed by atoms with van der Waals surface area (Å²) in [5, 5.41) is 3.65. The monoisotopic (exact) mass is 475 g/mol. The fraction of sp³-hybridized carbons (Fsp3) is 0.320. The molecular weight excluding hydrogens is 452 g/mol. The van der Waals surface area contributed by atoms with Crippen LogP contribution in [0.4, 0.5) is 20.3 Å². The Morgan fingerprint density at radius 3 is 2.91 bits per heavy atom. The van der Waals surface area contributed by atoms with Crippen LogP contribution in [-0.2, 0) is 7.05 Å². The molecule has 1 aliphatic carbocycles. The lowest BCUT2D eigenvalue weighted by atomic mass is 9.82. The number of Topliss-reactive ketones (excluding diaryl/α,β-unsaturated/α-hetero) is 1. The van der Waals surface area contributed by atoms with Crippen LogP contribution in [0.3, 0.4) is 0 Å². The van der Waals surface area contributed by atoms with Crippen molar-refractivity contribution in [1.82, 2.24) is 24.5 Å². The van der Waals surface area contributed by atoms with Crippen LogP contribution in [0.2, 0.25) is 0 Å². The number of carbonyl (C=O) groups excluding carboxylic acids is 1. The molecule has 5 rings (SSSR count). The SMILES string of the molecule is [C-]#[N+]c1cc(F)c2[nH]cc(-c3ncc(F)c(N[C@H]4CCC[C@@H](CC(=O)c5cn(C)cn5)C4)n3)c2c1. The summed E-state index contributed by atoms with van der Waals surface area (Å²) < 4.78 is 30.7. The van der Waals surface area contributed by atoms with Gasteiger partial charge in [0.15, 0.2) is 28.9 Å². The molecule has 0 bridgehead atoms. The standard InChI is InChI=1S/C25H23F2N7O/c1-28-16-8-17-18(10-29-23(17)19(26)9-16)24-30-11-20(27)25(33-24)32-15-5-3-4-14(6-15)7-22(35)21-12-34(2)13-31-21/h8-15,29H,3-7H2,2H3,(H,30,32,33)/t14-,15+/m1/s1. The van der Waals surface area contributed by atoms with Gasteiger partial charge in [-0.15, -0.1) is 0 Å². The van der Waals surface area contributed by atoms with Crippen molar-refractivity contribution in [2.75, 3.05) is 5.32 Å². The van der Waals surface area contributed by atoms with Crippen molar-refractivity contribution in [3.05, 3.63) is 65.8 Å². The Hall–Kier alpha value is -4.13. The maximum Gasteiger partial charge on any atom is 0.190 e. The number of aromatic nitrogens is 5. The second-order valence-electron chi connectivity index (χ2n) is 8.98. The number of imidazole rings is 1. The van der Waals surface area contributed by atoms with Gasteiger partial charge < -0.3 is 14.9 Å². The summed E-state index contributed by atoms with van der Waals surface area (Å²) in [5.74, 6) is -0.671. The van der Waals surface area contributed by atoms with E-state index >= 15 is 0 Å². The molecule has 35 heavy (non-hydrogen) atoms. The van der Waals surface area contributed by atoms with E-state index in [0.29, 0.717) is 29.5 Å². The first kappa shape index (κ1) is 22.7. The van der Waals surface area contributed by atoms with Gasteiger partial charge in [0.25, 0.3) is 0 Å². The molecule has 2 atom stereocenters. The van der Waals surface area contributed by atoms with Crippen LogP contribution in [0.25, 0.3) is 27.1 Å². The summed E-state index contributed by atoms with van der Waals surface area (Å²) in [6, 6.07) is 2.67. The van der Waals surface area contributed by atoms with Crippen LogP contribution < -0.4 is 5.32 Å². The number of hydrogen-bond donors (Lipinski definition) is 2. The van der Waals surface area contributed by atoms with E-state index in [1.807, 2.05) is 7.05 Å². The first-order valence-electron chi connectivity index (χ1n) is 11.4. The number of nitrogens with zero attached hydrogens (tertiary/aromatic N) is 5. The molecule has 3 aromatic heterocycles. The summed E-state index contributed by atoms with van der Waals surface area (Å²) in [5.41, 5.74) is 1.34. The Bertz CT molecular complexity index is 1450. The highest BCUT2D eigenvalue weighted by Crippen LogP contribution is 2.33. The molecule has 0 saturated heterocycles. The van der Waals surface area contributed by atoms with E-state index < -0.39 is 11.6 Å². The first-order valence-corrected chi connectivity index (χ1v) is 11.4. The minimum atomic E-state index is -0.590. The highest BCUT2D eigenvalue weighted by Gasteiger charge is 2.26.